The molecule has 0 spiro atoms. The van der Waals surface area contributed by atoms with Gasteiger partial charge in [0.15, 0.2) is 0 Å². The van der Waals surface area contributed by atoms with Crippen LogP contribution >= 0.6 is 0 Å². The van der Waals surface area contributed by atoms with Crippen molar-refractivity contribution in [2.75, 3.05) is 5.73 Å². The van der Waals surface area contributed by atoms with E-state index in [0.717, 1.165) is 5.69 Å². The molecular weight excluding hydrogens is 148 g/mol. The minimum absolute atomic E-state index is 0.679. The van der Waals surface area contributed by atoms with Crippen LogP contribution in [0.5, 0.6) is 0 Å². The highest BCUT2D eigenvalue weighted by Gasteiger charge is 2.18. The van der Waals surface area contributed by atoms with E-state index in [9.17, 15) is 0 Å². The summed E-state index contributed by atoms with van der Waals surface area (Å²) in [6.07, 6.45) is 8.95. The lowest BCUT2D eigenvalue weighted by atomic mass is 9.98. The minimum Gasteiger partial charge on any atom is -0.398 e. The zero-order valence-electron chi connectivity index (χ0n) is 7.16. The summed E-state index contributed by atoms with van der Waals surface area (Å²) in [5, 5.41) is 0. The Balaban J connectivity index is 2.26. The number of nitrogens with two attached hydrogens (primary N) is 1. The number of aromatic nitrogens is 1. The number of hydrogen-bond acceptors (Lipinski definition) is 2. The molecule has 2 rings (SSSR count). The first-order chi connectivity index (χ1) is 5.88. The van der Waals surface area contributed by atoms with E-state index in [0.29, 0.717) is 5.92 Å². The number of anilines is 1. The van der Waals surface area contributed by atoms with E-state index in [1.54, 1.807) is 6.20 Å². The van der Waals surface area contributed by atoms with Gasteiger partial charge in [0.05, 0.1) is 0 Å². The van der Waals surface area contributed by atoms with E-state index in [1.807, 2.05) is 12.3 Å². The van der Waals surface area contributed by atoms with Gasteiger partial charge in [-0.25, -0.2) is 0 Å². The van der Waals surface area contributed by atoms with Gasteiger partial charge in [0, 0.05) is 18.1 Å². The highest BCUT2D eigenvalue weighted by molar-refractivity contribution is 5.46. The van der Waals surface area contributed by atoms with Crippen LogP contribution in [-0.2, 0) is 0 Å². The number of nitrogens with zero attached hydrogens (tertiary/aromatic N) is 1. The molecule has 1 aliphatic carbocycles. The maximum absolute atomic E-state index is 5.86. The zero-order chi connectivity index (χ0) is 8.39. The molecule has 1 aromatic rings. The Bertz CT molecular complexity index is 264. The number of hydrogen-bond donors (Lipinski definition) is 1. The minimum atomic E-state index is 0.679. The molecule has 2 nitrogen and oxygen atoms in total. The summed E-state index contributed by atoms with van der Waals surface area (Å²) in [6, 6.07) is 1.90. The van der Waals surface area contributed by atoms with E-state index in [4.69, 9.17) is 5.73 Å². The van der Waals surface area contributed by atoms with Gasteiger partial charge in [-0.2, -0.15) is 0 Å². The van der Waals surface area contributed by atoms with Crippen LogP contribution < -0.4 is 5.73 Å². The van der Waals surface area contributed by atoms with Crippen molar-refractivity contribution in [2.45, 2.75) is 31.6 Å². The summed E-state index contributed by atoms with van der Waals surface area (Å²) in [5.74, 6) is 0.679. The van der Waals surface area contributed by atoms with Gasteiger partial charge in [-0.15, -0.1) is 0 Å². The Morgan fingerprint density at radius 3 is 2.75 bits per heavy atom. The van der Waals surface area contributed by atoms with Crippen molar-refractivity contribution >= 4 is 5.69 Å². The van der Waals surface area contributed by atoms with Gasteiger partial charge < -0.3 is 5.73 Å². The Kier molecular flexibility index (Phi) is 1.98. The summed E-state index contributed by atoms with van der Waals surface area (Å²) >= 11 is 0. The molecule has 0 aromatic carbocycles. The molecule has 0 radical (unpaired) electrons. The fourth-order valence-electron chi connectivity index (χ4n) is 2.00. The van der Waals surface area contributed by atoms with Crippen molar-refractivity contribution in [3.8, 4) is 0 Å². The number of nitrogen functional groups attached to an aromatic ring is 1. The third kappa shape index (κ3) is 1.29. The average Bonchev–Trinajstić information content (AvgIpc) is 2.57. The van der Waals surface area contributed by atoms with Crippen molar-refractivity contribution in [1.82, 2.24) is 4.98 Å². The van der Waals surface area contributed by atoms with Gasteiger partial charge in [0.2, 0.25) is 0 Å². The van der Waals surface area contributed by atoms with E-state index in [-0.39, 0.29) is 0 Å². The Hall–Kier alpha value is -1.05. The molecule has 1 aliphatic rings. The Morgan fingerprint density at radius 2 is 2.08 bits per heavy atom. The maximum Gasteiger partial charge on any atom is 0.0380 e. The molecule has 0 bridgehead atoms. The summed E-state index contributed by atoms with van der Waals surface area (Å²) in [4.78, 5) is 4.11. The smallest absolute Gasteiger partial charge is 0.0380 e. The summed E-state index contributed by atoms with van der Waals surface area (Å²) in [7, 11) is 0. The molecule has 0 unspecified atom stereocenters. The maximum atomic E-state index is 5.86. The zero-order valence-corrected chi connectivity index (χ0v) is 7.16. The fourth-order valence-corrected chi connectivity index (χ4v) is 2.00. The van der Waals surface area contributed by atoms with Crippen LogP contribution in [0, 0.1) is 0 Å². The van der Waals surface area contributed by atoms with Gasteiger partial charge in [0.1, 0.15) is 0 Å². The topological polar surface area (TPSA) is 38.9 Å². The molecule has 2 heteroatoms. The number of pyridine rings is 1. The normalized spacial score (nSPS) is 18.3. The lowest BCUT2D eigenvalue weighted by molar-refractivity contribution is 0.722. The van der Waals surface area contributed by atoms with Gasteiger partial charge in [-0.1, -0.05) is 12.8 Å². The molecule has 1 saturated carbocycles. The highest BCUT2D eigenvalue weighted by atomic mass is 14.7. The first kappa shape index (κ1) is 7.59. The lowest BCUT2D eigenvalue weighted by Crippen LogP contribution is -1.99. The van der Waals surface area contributed by atoms with Gasteiger partial charge in [0.25, 0.3) is 0 Å². The van der Waals surface area contributed by atoms with Crippen LogP contribution in [0.1, 0.15) is 37.2 Å². The first-order valence-corrected chi connectivity index (χ1v) is 4.57. The lowest BCUT2D eigenvalue weighted by Gasteiger charge is -2.10. The SMILES string of the molecule is Nc1ccncc1C1CCCC1. The predicted octanol–water partition coefficient (Wildman–Crippen LogP) is 2.32. The molecule has 0 saturated heterocycles. The van der Waals surface area contributed by atoms with Crippen LogP contribution in [0.4, 0.5) is 5.69 Å². The molecule has 12 heavy (non-hydrogen) atoms. The molecule has 0 aliphatic heterocycles. The predicted molar refractivity (Wildman–Crippen MR) is 49.9 cm³/mol. The van der Waals surface area contributed by atoms with Crippen LogP contribution in [0.25, 0.3) is 0 Å². The third-order valence-electron chi connectivity index (χ3n) is 2.68. The Labute approximate surface area is 72.8 Å². The molecule has 1 heterocycles. The Morgan fingerprint density at radius 1 is 1.33 bits per heavy atom. The van der Waals surface area contributed by atoms with Gasteiger partial charge >= 0.3 is 0 Å². The van der Waals surface area contributed by atoms with Crippen molar-refractivity contribution in [2.24, 2.45) is 0 Å². The van der Waals surface area contributed by atoms with Gasteiger partial charge in [-0.3, -0.25) is 4.98 Å². The molecule has 0 atom stereocenters. The summed E-state index contributed by atoms with van der Waals surface area (Å²) < 4.78 is 0. The van der Waals surface area contributed by atoms with Crippen LogP contribution in [0.15, 0.2) is 18.5 Å². The second kappa shape index (κ2) is 3.13. The van der Waals surface area contributed by atoms with Gasteiger partial charge in [-0.05, 0) is 30.4 Å². The molecule has 2 N–H and O–H groups in total. The largest absolute Gasteiger partial charge is 0.398 e. The van der Waals surface area contributed by atoms with Crippen molar-refractivity contribution in [1.29, 1.82) is 0 Å². The molecule has 1 aromatic heterocycles. The first-order valence-electron chi connectivity index (χ1n) is 4.57. The molecule has 1 fully saturated rings. The van der Waals surface area contributed by atoms with E-state index in [2.05, 4.69) is 4.98 Å². The van der Waals surface area contributed by atoms with Crippen molar-refractivity contribution in [3.05, 3.63) is 24.0 Å². The summed E-state index contributed by atoms with van der Waals surface area (Å²) in [6.45, 7) is 0. The third-order valence-corrected chi connectivity index (χ3v) is 2.68. The van der Waals surface area contributed by atoms with E-state index in [1.165, 1.54) is 31.2 Å². The van der Waals surface area contributed by atoms with E-state index < -0.39 is 0 Å². The quantitative estimate of drug-likeness (QED) is 0.688. The number of rotatable bonds is 1. The van der Waals surface area contributed by atoms with Crippen LogP contribution in [-0.4, -0.2) is 4.98 Å². The fraction of sp³-hybridized carbons (Fsp3) is 0.500. The molecule has 64 valence electrons. The highest BCUT2D eigenvalue weighted by Crippen LogP contribution is 2.35. The van der Waals surface area contributed by atoms with Crippen molar-refractivity contribution < 1.29 is 0 Å². The van der Waals surface area contributed by atoms with E-state index >= 15 is 0 Å². The summed E-state index contributed by atoms with van der Waals surface area (Å²) in [5.41, 5.74) is 8.03. The van der Waals surface area contributed by atoms with Crippen molar-refractivity contribution in [3.63, 3.8) is 0 Å². The van der Waals surface area contributed by atoms with Crippen LogP contribution in [0.2, 0.25) is 0 Å². The average molecular weight is 162 g/mol. The molecular formula is C10H14N2. The standard InChI is InChI=1S/C10H14N2/c11-10-5-6-12-7-9(10)8-3-1-2-4-8/h5-8H,1-4H2,(H2,11,12). The monoisotopic (exact) mass is 162 g/mol. The second-order valence-corrected chi connectivity index (χ2v) is 3.49. The second-order valence-electron chi connectivity index (χ2n) is 3.49. The molecule has 0 amide bonds. The van der Waals surface area contributed by atoms with Crippen LogP contribution in [0.3, 0.4) is 0 Å².